The second kappa shape index (κ2) is 4.85. The maximum absolute atomic E-state index is 6.65. The minimum absolute atomic E-state index is 1.28. The first-order valence-corrected chi connectivity index (χ1v) is 8.34. The Balaban J connectivity index is 2.39. The molecule has 1 unspecified atom stereocenters. The maximum Gasteiger partial charge on any atom is 0.202 e. The van der Waals surface area contributed by atoms with E-state index in [4.69, 9.17) is 11.1 Å². The summed E-state index contributed by atoms with van der Waals surface area (Å²) in [6.07, 6.45) is 0. The average molecular weight is 247 g/mol. The van der Waals surface area contributed by atoms with E-state index in [0.29, 0.717) is 0 Å². The van der Waals surface area contributed by atoms with Crippen LogP contribution in [-0.4, -0.2) is 8.11 Å². The molecular formula is C14H15ClSi. The highest BCUT2D eigenvalue weighted by Gasteiger charge is 2.14. The number of aryl methyl sites for hydroxylation is 2. The zero-order valence-corrected chi connectivity index (χ0v) is 11.5. The van der Waals surface area contributed by atoms with Crippen LogP contribution in [0.4, 0.5) is 0 Å². The van der Waals surface area contributed by atoms with Crippen LogP contribution in [0.1, 0.15) is 11.1 Å². The van der Waals surface area contributed by atoms with Crippen molar-refractivity contribution in [2.45, 2.75) is 13.8 Å². The molecule has 0 bridgehead atoms. The molecule has 0 radical (unpaired) electrons. The Morgan fingerprint density at radius 3 is 2.38 bits per heavy atom. The van der Waals surface area contributed by atoms with Crippen molar-refractivity contribution in [2.24, 2.45) is 0 Å². The third kappa shape index (κ3) is 2.37. The van der Waals surface area contributed by atoms with Crippen LogP contribution in [0.15, 0.2) is 48.5 Å². The summed E-state index contributed by atoms with van der Waals surface area (Å²) in [5.74, 6) is 0. The standard InChI is InChI=1S/C14H15ClSi/c1-11-6-5-8-13(10-11)16(15)14-9-4-3-7-12(14)2/h3-10,16H,1-2H3. The van der Waals surface area contributed by atoms with E-state index in [2.05, 4.69) is 62.4 Å². The van der Waals surface area contributed by atoms with E-state index in [9.17, 15) is 0 Å². The molecule has 0 aliphatic rings. The lowest BCUT2D eigenvalue weighted by atomic mass is 10.2. The molecule has 0 spiro atoms. The summed E-state index contributed by atoms with van der Waals surface area (Å²) in [6.45, 7) is 4.24. The predicted molar refractivity (Wildman–Crippen MR) is 74.6 cm³/mol. The molecule has 0 heterocycles. The van der Waals surface area contributed by atoms with Crippen molar-refractivity contribution in [1.82, 2.24) is 0 Å². The van der Waals surface area contributed by atoms with E-state index in [0.717, 1.165) is 0 Å². The molecule has 16 heavy (non-hydrogen) atoms. The molecule has 2 heteroatoms. The van der Waals surface area contributed by atoms with Crippen molar-refractivity contribution in [3.8, 4) is 0 Å². The Hall–Kier alpha value is -1.05. The lowest BCUT2D eigenvalue weighted by Crippen LogP contribution is -2.38. The zero-order valence-electron chi connectivity index (χ0n) is 9.57. The van der Waals surface area contributed by atoms with E-state index in [-0.39, 0.29) is 0 Å². The molecule has 2 aromatic rings. The molecule has 0 aliphatic carbocycles. The van der Waals surface area contributed by atoms with Crippen molar-refractivity contribution >= 4 is 29.6 Å². The molecule has 0 N–H and O–H groups in total. The van der Waals surface area contributed by atoms with Gasteiger partial charge >= 0.3 is 0 Å². The highest BCUT2D eigenvalue weighted by atomic mass is 35.6. The van der Waals surface area contributed by atoms with Crippen molar-refractivity contribution in [1.29, 1.82) is 0 Å². The van der Waals surface area contributed by atoms with E-state index in [1.165, 1.54) is 21.5 Å². The molecule has 0 aliphatic heterocycles. The molecule has 1 atom stereocenters. The summed E-state index contributed by atoms with van der Waals surface area (Å²) in [6, 6.07) is 17.0. The molecule has 2 rings (SSSR count). The summed E-state index contributed by atoms with van der Waals surface area (Å²) in [4.78, 5) is 0. The van der Waals surface area contributed by atoms with Gasteiger partial charge in [0.1, 0.15) is 0 Å². The van der Waals surface area contributed by atoms with E-state index >= 15 is 0 Å². The molecule has 2 aromatic carbocycles. The first kappa shape index (κ1) is 11.4. The number of halogens is 1. The van der Waals surface area contributed by atoms with Gasteiger partial charge in [0.2, 0.25) is 8.11 Å². The van der Waals surface area contributed by atoms with Crippen molar-refractivity contribution in [3.05, 3.63) is 59.7 Å². The molecule has 0 saturated heterocycles. The molecule has 0 amide bonds. The number of hydrogen-bond acceptors (Lipinski definition) is 0. The molecular weight excluding hydrogens is 232 g/mol. The Morgan fingerprint density at radius 2 is 1.69 bits per heavy atom. The fraction of sp³-hybridized carbons (Fsp3) is 0.143. The lowest BCUT2D eigenvalue weighted by Gasteiger charge is -2.11. The number of hydrogen-bond donors (Lipinski definition) is 0. The fourth-order valence-corrected chi connectivity index (χ4v) is 4.84. The van der Waals surface area contributed by atoms with Gasteiger partial charge in [-0.3, -0.25) is 0 Å². The highest BCUT2D eigenvalue weighted by Crippen LogP contribution is 2.02. The molecule has 0 aromatic heterocycles. The third-order valence-electron chi connectivity index (χ3n) is 2.80. The van der Waals surface area contributed by atoms with Crippen LogP contribution in [0.2, 0.25) is 0 Å². The van der Waals surface area contributed by atoms with Gasteiger partial charge in [-0.2, -0.15) is 11.1 Å². The topological polar surface area (TPSA) is 0 Å². The first-order chi connectivity index (χ1) is 7.68. The predicted octanol–water partition coefficient (Wildman–Crippen LogP) is 2.38. The van der Waals surface area contributed by atoms with Gasteiger partial charge in [0.25, 0.3) is 0 Å². The quantitative estimate of drug-likeness (QED) is 0.564. The summed E-state index contributed by atoms with van der Waals surface area (Å²) in [5, 5.41) is 2.63. The molecule has 0 fully saturated rings. The fourth-order valence-electron chi connectivity index (χ4n) is 1.88. The van der Waals surface area contributed by atoms with Crippen LogP contribution in [0.3, 0.4) is 0 Å². The summed E-state index contributed by atoms with van der Waals surface area (Å²) in [5.41, 5.74) is 2.58. The van der Waals surface area contributed by atoms with E-state index < -0.39 is 8.11 Å². The smallest absolute Gasteiger partial charge is 0.159 e. The van der Waals surface area contributed by atoms with E-state index in [1.54, 1.807) is 0 Å². The van der Waals surface area contributed by atoms with Gasteiger partial charge in [-0.25, -0.2) is 0 Å². The van der Waals surface area contributed by atoms with Gasteiger partial charge in [0, 0.05) is 0 Å². The van der Waals surface area contributed by atoms with Crippen LogP contribution in [0, 0.1) is 13.8 Å². The Bertz CT molecular complexity index is 494. The van der Waals surface area contributed by atoms with Gasteiger partial charge in [-0.1, -0.05) is 59.7 Å². The van der Waals surface area contributed by atoms with Crippen LogP contribution < -0.4 is 10.4 Å². The van der Waals surface area contributed by atoms with Gasteiger partial charge in [-0.15, -0.1) is 0 Å². The summed E-state index contributed by atoms with van der Waals surface area (Å²) < 4.78 is 0. The third-order valence-corrected chi connectivity index (χ3v) is 6.40. The van der Waals surface area contributed by atoms with Gasteiger partial charge in [-0.05, 0) is 24.2 Å². The average Bonchev–Trinajstić information content (AvgIpc) is 2.29. The van der Waals surface area contributed by atoms with Crippen LogP contribution in [0.25, 0.3) is 0 Å². The van der Waals surface area contributed by atoms with Crippen molar-refractivity contribution < 1.29 is 0 Å². The lowest BCUT2D eigenvalue weighted by molar-refractivity contribution is 1.49. The van der Waals surface area contributed by atoms with Crippen molar-refractivity contribution in [2.75, 3.05) is 0 Å². The minimum atomic E-state index is -1.51. The molecule has 0 nitrogen and oxygen atoms in total. The van der Waals surface area contributed by atoms with Crippen LogP contribution >= 0.6 is 11.1 Å². The summed E-state index contributed by atoms with van der Waals surface area (Å²) in [7, 11) is -1.51. The van der Waals surface area contributed by atoms with Crippen LogP contribution in [-0.2, 0) is 0 Å². The summed E-state index contributed by atoms with van der Waals surface area (Å²) >= 11 is 6.65. The van der Waals surface area contributed by atoms with Gasteiger partial charge < -0.3 is 0 Å². The van der Waals surface area contributed by atoms with Crippen LogP contribution in [0.5, 0.6) is 0 Å². The maximum atomic E-state index is 6.65. The second-order valence-electron chi connectivity index (χ2n) is 4.13. The number of benzene rings is 2. The Kier molecular flexibility index (Phi) is 3.47. The van der Waals surface area contributed by atoms with Gasteiger partial charge in [0.15, 0.2) is 0 Å². The molecule has 82 valence electrons. The number of rotatable bonds is 2. The highest BCUT2D eigenvalue weighted by molar-refractivity contribution is 7.21. The molecule has 0 saturated carbocycles. The SMILES string of the molecule is Cc1cccc([SiH](Cl)c2ccccc2C)c1. The Morgan fingerprint density at radius 1 is 0.938 bits per heavy atom. The normalized spacial score (nSPS) is 12.4. The zero-order chi connectivity index (χ0) is 11.5. The van der Waals surface area contributed by atoms with E-state index in [1.807, 2.05) is 0 Å². The monoisotopic (exact) mass is 246 g/mol. The Labute approximate surface area is 103 Å². The van der Waals surface area contributed by atoms with Crippen molar-refractivity contribution in [3.63, 3.8) is 0 Å². The van der Waals surface area contributed by atoms with Gasteiger partial charge in [0.05, 0.1) is 0 Å². The largest absolute Gasteiger partial charge is 0.202 e. The first-order valence-electron chi connectivity index (χ1n) is 5.44. The second-order valence-corrected chi connectivity index (χ2v) is 7.46. The minimum Gasteiger partial charge on any atom is -0.159 e.